The Morgan fingerprint density at radius 1 is 1.02 bits per heavy atom. The Morgan fingerprint density at radius 3 is 2.45 bits per heavy atom. The summed E-state index contributed by atoms with van der Waals surface area (Å²) in [5.74, 6) is 5.65. The molecule has 2 unspecified atom stereocenters. The molecule has 9 nitrogen and oxygen atoms in total. The van der Waals surface area contributed by atoms with Crippen molar-refractivity contribution in [2.45, 2.75) is 152 Å². The zero-order valence-electron chi connectivity index (χ0n) is 33.4. The normalized spacial score (nSPS) is 26.9. The maximum atomic E-state index is 12.3. The average molecular weight is 772 g/mol. The minimum Gasteiger partial charge on any atom is -0.508 e. The van der Waals surface area contributed by atoms with Gasteiger partial charge < -0.3 is 41.1 Å². The first-order valence-electron chi connectivity index (χ1n) is 20.9. The fraction of sp³-hybridized carbons (Fsp3) is 0.596. The summed E-state index contributed by atoms with van der Waals surface area (Å²) in [5.41, 5.74) is 3.20. The minimum atomic E-state index is -1.37. The number of aromatic hydroxyl groups is 1. The van der Waals surface area contributed by atoms with E-state index in [1.54, 1.807) is 37.3 Å². The second-order valence-corrected chi connectivity index (χ2v) is 17.1. The third-order valence-electron chi connectivity index (χ3n) is 12.7. The van der Waals surface area contributed by atoms with Crippen molar-refractivity contribution in [1.29, 1.82) is 0 Å². The number of nitrogens with one attached hydrogen (secondary N) is 1. The predicted molar refractivity (Wildman–Crippen MR) is 219 cm³/mol. The number of β-amino-alcohol motifs (C(OH)–C–C–N with tert-alkyl or cyclic N) is 1. The highest BCUT2D eigenvalue weighted by Gasteiger charge is 2.40. The molecule has 2 aromatic rings. The van der Waals surface area contributed by atoms with Crippen LogP contribution in [0.15, 0.2) is 71.8 Å². The van der Waals surface area contributed by atoms with Crippen LogP contribution in [-0.2, 0) is 11.2 Å². The van der Waals surface area contributed by atoms with Crippen molar-refractivity contribution in [3.05, 3.63) is 88.5 Å². The number of hydrogen-bond acceptors (Lipinski definition) is 8. The smallest absolute Gasteiger partial charge is 0.303 e. The van der Waals surface area contributed by atoms with E-state index in [0.29, 0.717) is 25.7 Å². The second-order valence-electron chi connectivity index (χ2n) is 17.1. The van der Waals surface area contributed by atoms with Crippen molar-refractivity contribution in [3.8, 4) is 17.6 Å². The number of phenols is 1. The number of rotatable bonds is 16. The molecule has 56 heavy (non-hydrogen) atoms. The van der Waals surface area contributed by atoms with Crippen LogP contribution in [0.3, 0.4) is 0 Å². The molecule has 0 radical (unpaired) electrons. The van der Waals surface area contributed by atoms with E-state index in [4.69, 9.17) is 0 Å². The van der Waals surface area contributed by atoms with Gasteiger partial charge in [0.1, 0.15) is 5.75 Å². The molecule has 1 aliphatic heterocycles. The summed E-state index contributed by atoms with van der Waals surface area (Å²) in [6.45, 7) is 3.52. The van der Waals surface area contributed by atoms with Gasteiger partial charge in [0.2, 0.25) is 0 Å². The monoisotopic (exact) mass is 771 g/mol. The number of carboxylic acid groups (broad SMARTS) is 1. The van der Waals surface area contributed by atoms with E-state index in [2.05, 4.69) is 29.3 Å². The van der Waals surface area contributed by atoms with Crippen LogP contribution in [0.25, 0.3) is 0 Å². The molecule has 0 aromatic heterocycles. The van der Waals surface area contributed by atoms with Crippen LogP contribution in [0.5, 0.6) is 5.75 Å². The Balaban J connectivity index is 1.67. The lowest BCUT2D eigenvalue weighted by molar-refractivity contribution is -0.139. The number of fused-ring (bicyclic) bond motifs is 5. The molecule has 2 aliphatic carbocycles. The summed E-state index contributed by atoms with van der Waals surface area (Å²) in [7, 11) is 0. The van der Waals surface area contributed by atoms with Gasteiger partial charge in [0.15, 0.2) is 0 Å². The van der Waals surface area contributed by atoms with Gasteiger partial charge in [-0.25, -0.2) is 0 Å². The van der Waals surface area contributed by atoms with E-state index in [-0.39, 0.29) is 48.4 Å². The van der Waals surface area contributed by atoms with Crippen molar-refractivity contribution in [1.82, 2.24) is 5.32 Å². The third kappa shape index (κ3) is 11.6. The molecule has 3 aliphatic rings. The van der Waals surface area contributed by atoms with Crippen molar-refractivity contribution in [2.75, 3.05) is 13.2 Å². The van der Waals surface area contributed by atoms with Gasteiger partial charge in [-0.15, -0.1) is 0 Å². The van der Waals surface area contributed by atoms with Gasteiger partial charge in [0.25, 0.3) is 0 Å². The molecule has 0 saturated heterocycles. The second kappa shape index (κ2) is 20.3. The van der Waals surface area contributed by atoms with Crippen LogP contribution in [-0.4, -0.2) is 84.8 Å². The number of phenolic OH excluding ortho intramolecular Hbond substituents is 1. The number of aryl methyl sites for hydroxylation is 1. The summed E-state index contributed by atoms with van der Waals surface area (Å²) in [6, 6.07) is 14.7. The molecule has 0 amide bonds. The lowest BCUT2D eigenvalue weighted by atomic mass is 9.72. The first-order chi connectivity index (χ1) is 26.8. The van der Waals surface area contributed by atoms with Gasteiger partial charge in [-0.3, -0.25) is 4.79 Å². The number of carboxylic acids is 1. The predicted octanol–water partition coefficient (Wildman–Crippen LogP) is 6.65. The first-order valence-corrected chi connectivity index (χ1v) is 20.9. The van der Waals surface area contributed by atoms with E-state index >= 15 is 0 Å². The summed E-state index contributed by atoms with van der Waals surface area (Å²) < 4.78 is 0. The summed E-state index contributed by atoms with van der Waals surface area (Å²) in [6.07, 6.45) is 11.1. The average Bonchev–Trinajstić information content (AvgIpc) is 3.63. The molecule has 306 valence electrons. The lowest BCUT2D eigenvalue weighted by Crippen LogP contribution is -2.50. The summed E-state index contributed by atoms with van der Waals surface area (Å²) in [5, 5.41) is 79.3. The largest absolute Gasteiger partial charge is 0.508 e. The van der Waals surface area contributed by atoms with E-state index in [0.717, 1.165) is 85.6 Å². The van der Waals surface area contributed by atoms with Gasteiger partial charge >= 0.3 is 5.97 Å². The van der Waals surface area contributed by atoms with Crippen molar-refractivity contribution >= 4 is 5.97 Å². The van der Waals surface area contributed by atoms with Crippen LogP contribution in [0.2, 0.25) is 0 Å². The lowest BCUT2D eigenvalue weighted by Gasteiger charge is -2.40. The van der Waals surface area contributed by atoms with Crippen LogP contribution in [0.1, 0.15) is 132 Å². The first kappa shape index (κ1) is 43.6. The number of unbranched alkanes of at least 4 members (excludes halogenated alkanes) is 1. The summed E-state index contributed by atoms with van der Waals surface area (Å²) >= 11 is 0. The number of allylic oxidation sites excluding steroid dienone is 2. The summed E-state index contributed by atoms with van der Waals surface area (Å²) in [4.78, 5) is 12.0. The van der Waals surface area contributed by atoms with Gasteiger partial charge in [0.05, 0.1) is 42.9 Å². The van der Waals surface area contributed by atoms with Crippen molar-refractivity contribution in [3.63, 3.8) is 0 Å². The number of aliphatic hydroxyl groups excluding tert-OH is 4. The van der Waals surface area contributed by atoms with Gasteiger partial charge in [-0.2, -0.15) is 0 Å². The molecule has 1 heterocycles. The third-order valence-corrected chi connectivity index (χ3v) is 12.7. The quantitative estimate of drug-likeness (QED) is 0.0871. The Bertz CT molecular complexity index is 1700. The molecular weight excluding hydrogens is 707 g/mol. The van der Waals surface area contributed by atoms with Gasteiger partial charge in [-0.05, 0) is 116 Å². The van der Waals surface area contributed by atoms with Crippen LogP contribution < -0.4 is 5.32 Å². The van der Waals surface area contributed by atoms with Crippen LogP contribution in [0.4, 0.5) is 0 Å². The van der Waals surface area contributed by atoms with Gasteiger partial charge in [0, 0.05) is 18.5 Å². The minimum absolute atomic E-state index is 0.0610. The highest BCUT2D eigenvalue weighted by atomic mass is 16.4. The number of aliphatic hydroxyl groups is 5. The molecule has 2 aromatic carbocycles. The maximum Gasteiger partial charge on any atom is 0.303 e. The number of aliphatic carboxylic acids is 1. The highest BCUT2D eigenvalue weighted by Crippen LogP contribution is 2.46. The molecule has 1 fully saturated rings. The van der Waals surface area contributed by atoms with E-state index < -0.39 is 42.4 Å². The van der Waals surface area contributed by atoms with Gasteiger partial charge in [-0.1, -0.05) is 99.4 Å². The zero-order chi connectivity index (χ0) is 40.3. The fourth-order valence-electron chi connectivity index (χ4n) is 9.55. The number of carbonyl (C=O) groups is 1. The molecule has 9 heteroatoms. The van der Waals surface area contributed by atoms with Crippen LogP contribution >= 0.6 is 0 Å². The number of hydrogen-bond donors (Lipinski definition) is 8. The standard InChI is InChI=1S/C47H65NO8/c1-3-4-13-42(52)43(53)23-19-33-15-14-32-10-5-6-12-39(32)35-18-22-41(34-16-20-37(50)21-17-34)46(2,56)31-48-45(40(33)28-38(51)30-49)36(27-35)11-9-26-47(29-44(54)55)24-7-8-25-47/h5-6,10,12,16-17,19-21,23,35-36,38,41-43,45,48-53,56H,3-4,7-9,11,13-15,24-31H2,1-2H3,(H,54,55)/t35?,36?,38-,41-,42-,43+,45+,46-/m0/s1. The molecule has 1 saturated carbocycles. The van der Waals surface area contributed by atoms with E-state index in [1.807, 2.05) is 25.1 Å². The Hall–Kier alpha value is -3.49. The Morgan fingerprint density at radius 2 is 1.75 bits per heavy atom. The van der Waals surface area contributed by atoms with Crippen LogP contribution in [0, 0.1) is 23.2 Å². The zero-order valence-corrected chi connectivity index (χ0v) is 33.4. The highest BCUT2D eigenvalue weighted by molar-refractivity contribution is 5.67. The molecule has 0 spiro atoms. The van der Waals surface area contributed by atoms with E-state index in [1.165, 1.54) is 0 Å². The van der Waals surface area contributed by atoms with Crippen molar-refractivity contribution < 1.29 is 40.5 Å². The fourth-order valence-corrected chi connectivity index (χ4v) is 9.55. The SMILES string of the molecule is CCCC[C@H](O)[C@H](O)C=CC1=C(C[C@H](O)CO)[C@@H]2NC[C@](C)(O)[C@H](c3ccc(O)cc3)C#CC(CC2CCCC2(CC(=O)O)CCCC2)c2ccccc2CC1. The topological polar surface area (TPSA) is 171 Å². The Labute approximate surface area is 333 Å². The molecule has 5 rings (SSSR count). The maximum absolute atomic E-state index is 12.3. The van der Waals surface area contributed by atoms with Crippen molar-refractivity contribution in [2.24, 2.45) is 11.3 Å². The molecule has 2 bridgehead atoms. The molecule has 8 N–H and O–H groups in total. The van der Waals surface area contributed by atoms with E-state index in [9.17, 15) is 40.5 Å². The molecular formula is C47H65NO8. The Kier molecular flexibility index (Phi) is 15.8. The number of benzene rings is 2. The molecule has 8 atom stereocenters.